The smallest absolute Gasteiger partial charge is 0.324 e. The van der Waals surface area contributed by atoms with Crippen molar-refractivity contribution < 1.29 is 30.7 Å². The van der Waals surface area contributed by atoms with Crippen LogP contribution in [0, 0.1) is 5.82 Å². The fraction of sp³-hybridized carbons (Fsp3) is 0.455. The molecule has 0 aliphatic carbocycles. The Morgan fingerprint density at radius 3 is 2.10 bits per heavy atom. The maximum absolute atomic E-state index is 13.7. The molecule has 0 amide bonds. The molecule has 0 saturated heterocycles. The molecule has 0 radical (unpaired) electrons. The molecule has 9 heteroatoms. The summed E-state index contributed by atoms with van der Waals surface area (Å²) in [4.78, 5) is 0. The minimum absolute atomic E-state index is 0.494. The van der Waals surface area contributed by atoms with Crippen LogP contribution >= 0.6 is 11.6 Å². The van der Waals surface area contributed by atoms with Crippen LogP contribution in [0.25, 0.3) is 0 Å². The summed E-state index contributed by atoms with van der Waals surface area (Å²) in [6.45, 7) is 0. The quantitative estimate of drug-likeness (QED) is 0.791. The Morgan fingerprint density at radius 1 is 1.10 bits per heavy atom. The van der Waals surface area contributed by atoms with Gasteiger partial charge >= 0.3 is 12.4 Å². The number of rotatable bonds is 3. The van der Waals surface area contributed by atoms with E-state index in [0.29, 0.717) is 12.1 Å². The third-order valence-electron chi connectivity index (χ3n) is 2.55. The minimum Gasteiger partial charge on any atom is -0.324 e. The van der Waals surface area contributed by atoms with E-state index in [9.17, 15) is 30.7 Å². The monoisotopic (exact) mass is 323 g/mol. The fourth-order valence-corrected chi connectivity index (χ4v) is 1.80. The van der Waals surface area contributed by atoms with Crippen molar-refractivity contribution in [3.63, 3.8) is 0 Å². The van der Waals surface area contributed by atoms with E-state index >= 15 is 0 Å². The van der Waals surface area contributed by atoms with Crippen LogP contribution in [0.15, 0.2) is 12.1 Å². The van der Waals surface area contributed by atoms with Gasteiger partial charge in [-0.3, -0.25) is 0 Å². The average molecular weight is 324 g/mol. The topological polar surface area (TPSA) is 26.0 Å². The van der Waals surface area contributed by atoms with E-state index in [4.69, 9.17) is 17.3 Å². The first-order valence-corrected chi connectivity index (χ1v) is 5.68. The zero-order valence-electron chi connectivity index (χ0n) is 9.75. The van der Waals surface area contributed by atoms with Crippen molar-refractivity contribution >= 4 is 11.6 Å². The molecule has 0 bridgehead atoms. The summed E-state index contributed by atoms with van der Waals surface area (Å²) in [5, 5.41) is -0.629. The molecule has 0 saturated carbocycles. The van der Waals surface area contributed by atoms with Crippen molar-refractivity contribution in [3.05, 3.63) is 34.1 Å². The van der Waals surface area contributed by atoms with Crippen LogP contribution in [-0.2, 0) is 6.18 Å². The third kappa shape index (κ3) is 4.24. The molecule has 0 heterocycles. The van der Waals surface area contributed by atoms with Gasteiger partial charge in [-0.1, -0.05) is 11.6 Å². The van der Waals surface area contributed by atoms with E-state index in [1.54, 1.807) is 0 Å². The number of hydrogen-bond donors (Lipinski definition) is 1. The molecule has 1 rings (SSSR count). The molecule has 0 aliphatic heterocycles. The van der Waals surface area contributed by atoms with Gasteiger partial charge < -0.3 is 5.73 Å². The first kappa shape index (κ1) is 17.0. The van der Waals surface area contributed by atoms with Crippen LogP contribution in [0.4, 0.5) is 30.7 Å². The molecule has 0 aromatic heterocycles. The Hall–Kier alpha value is -1.02. The zero-order valence-corrected chi connectivity index (χ0v) is 10.5. The van der Waals surface area contributed by atoms with Crippen LogP contribution in [0.3, 0.4) is 0 Å². The zero-order chi connectivity index (χ0) is 15.7. The van der Waals surface area contributed by atoms with Gasteiger partial charge in [0, 0.05) is 18.0 Å². The first-order chi connectivity index (χ1) is 8.93. The molecular formula is C11H9ClF7N. The average Bonchev–Trinajstić information content (AvgIpc) is 2.27. The van der Waals surface area contributed by atoms with Gasteiger partial charge in [-0.2, -0.15) is 26.3 Å². The highest BCUT2D eigenvalue weighted by molar-refractivity contribution is 6.30. The standard InChI is InChI=1S/C11H9ClF7N/c12-6-2-1-5(11(17,18)19)8(9(6)13)7(20)3-4-10(14,15)16/h1-2,7H,3-4,20H2/t7-/m1/s1. The first-order valence-electron chi connectivity index (χ1n) is 5.31. The normalized spacial score (nSPS) is 14.4. The van der Waals surface area contributed by atoms with Crippen LogP contribution < -0.4 is 5.73 Å². The predicted octanol–water partition coefficient (Wildman–Crippen LogP) is 4.84. The minimum atomic E-state index is -4.93. The summed E-state index contributed by atoms with van der Waals surface area (Å²) < 4.78 is 87.9. The van der Waals surface area contributed by atoms with E-state index < -0.39 is 53.2 Å². The summed E-state index contributed by atoms with van der Waals surface area (Å²) in [6.07, 6.45) is -11.8. The largest absolute Gasteiger partial charge is 0.416 e. The summed E-state index contributed by atoms with van der Waals surface area (Å²) in [5.41, 5.74) is 2.80. The molecule has 1 aromatic carbocycles. The van der Waals surface area contributed by atoms with Gasteiger partial charge in [-0.05, 0) is 18.6 Å². The lowest BCUT2D eigenvalue weighted by Crippen LogP contribution is -2.21. The number of halogens is 8. The lowest BCUT2D eigenvalue weighted by molar-refractivity contribution is -0.139. The van der Waals surface area contributed by atoms with Gasteiger partial charge in [0.1, 0.15) is 5.82 Å². The third-order valence-corrected chi connectivity index (χ3v) is 2.84. The number of hydrogen-bond acceptors (Lipinski definition) is 1. The van der Waals surface area contributed by atoms with E-state index in [1.165, 1.54) is 0 Å². The van der Waals surface area contributed by atoms with Gasteiger partial charge in [0.05, 0.1) is 10.6 Å². The molecule has 1 aromatic rings. The van der Waals surface area contributed by atoms with Gasteiger partial charge in [0.15, 0.2) is 0 Å². The second kappa shape index (κ2) is 5.77. The summed E-state index contributed by atoms with van der Waals surface area (Å²) >= 11 is 5.35. The summed E-state index contributed by atoms with van der Waals surface area (Å²) in [7, 11) is 0. The SMILES string of the molecule is N[C@H](CCC(F)(F)F)c1c(C(F)(F)F)ccc(Cl)c1F. The van der Waals surface area contributed by atoms with E-state index in [2.05, 4.69) is 0 Å². The van der Waals surface area contributed by atoms with Crippen LogP contribution in [0.2, 0.25) is 5.02 Å². The fourth-order valence-electron chi connectivity index (χ4n) is 1.64. The second-order valence-corrected chi connectivity index (χ2v) is 4.49. The molecule has 0 unspecified atom stereocenters. The Morgan fingerprint density at radius 2 is 1.65 bits per heavy atom. The molecule has 0 aliphatic rings. The molecule has 0 fully saturated rings. The van der Waals surface area contributed by atoms with Crippen molar-refractivity contribution in [1.29, 1.82) is 0 Å². The lowest BCUT2D eigenvalue weighted by Gasteiger charge is -2.20. The van der Waals surface area contributed by atoms with Crippen molar-refractivity contribution in [3.8, 4) is 0 Å². The lowest BCUT2D eigenvalue weighted by atomic mass is 9.96. The Bertz CT molecular complexity index is 481. The van der Waals surface area contributed by atoms with Crippen molar-refractivity contribution in [2.75, 3.05) is 0 Å². The molecule has 1 nitrogen and oxygen atoms in total. The highest BCUT2D eigenvalue weighted by Crippen LogP contribution is 2.39. The Kier molecular flexibility index (Phi) is 4.91. The van der Waals surface area contributed by atoms with Gasteiger partial charge in [-0.15, -0.1) is 0 Å². The van der Waals surface area contributed by atoms with Crippen molar-refractivity contribution in [1.82, 2.24) is 0 Å². The van der Waals surface area contributed by atoms with Gasteiger partial charge in [0.25, 0.3) is 0 Å². The van der Waals surface area contributed by atoms with Crippen LogP contribution in [0.1, 0.15) is 30.0 Å². The summed E-state index contributed by atoms with van der Waals surface area (Å²) in [6, 6.07) is -0.583. The van der Waals surface area contributed by atoms with Crippen LogP contribution in [-0.4, -0.2) is 6.18 Å². The van der Waals surface area contributed by atoms with Gasteiger partial charge in [-0.25, -0.2) is 4.39 Å². The maximum Gasteiger partial charge on any atom is 0.416 e. The predicted molar refractivity (Wildman–Crippen MR) is 58.6 cm³/mol. The number of benzene rings is 1. The van der Waals surface area contributed by atoms with Crippen LogP contribution in [0.5, 0.6) is 0 Å². The maximum atomic E-state index is 13.7. The number of alkyl halides is 6. The van der Waals surface area contributed by atoms with E-state index in [-0.39, 0.29) is 0 Å². The molecule has 2 N–H and O–H groups in total. The highest BCUT2D eigenvalue weighted by atomic mass is 35.5. The molecule has 1 atom stereocenters. The Labute approximate surface area is 114 Å². The molecule has 114 valence electrons. The summed E-state index contributed by atoms with van der Waals surface area (Å²) in [5.74, 6) is -1.45. The highest BCUT2D eigenvalue weighted by Gasteiger charge is 2.38. The van der Waals surface area contributed by atoms with E-state index in [1.807, 2.05) is 0 Å². The number of nitrogens with two attached hydrogens (primary N) is 1. The Balaban J connectivity index is 3.18. The van der Waals surface area contributed by atoms with Gasteiger partial charge in [0.2, 0.25) is 0 Å². The van der Waals surface area contributed by atoms with Crippen molar-refractivity contribution in [2.45, 2.75) is 31.2 Å². The molecule has 20 heavy (non-hydrogen) atoms. The van der Waals surface area contributed by atoms with Crippen molar-refractivity contribution in [2.24, 2.45) is 5.73 Å². The van der Waals surface area contributed by atoms with E-state index in [0.717, 1.165) is 0 Å². The second-order valence-electron chi connectivity index (χ2n) is 4.08. The molecule has 0 spiro atoms. The molecular weight excluding hydrogens is 315 g/mol.